The van der Waals surface area contributed by atoms with Gasteiger partial charge in [0.2, 0.25) is 0 Å². The van der Waals surface area contributed by atoms with Crippen molar-refractivity contribution >= 4 is 0 Å². The van der Waals surface area contributed by atoms with Gasteiger partial charge in [0.1, 0.15) is 24.0 Å². The molecule has 2 aromatic rings. The summed E-state index contributed by atoms with van der Waals surface area (Å²) in [7, 11) is 0. The van der Waals surface area contributed by atoms with Crippen LogP contribution in [0.3, 0.4) is 0 Å². The van der Waals surface area contributed by atoms with Crippen molar-refractivity contribution in [3.8, 4) is 18.2 Å². The van der Waals surface area contributed by atoms with E-state index in [4.69, 9.17) is 15.8 Å². The van der Waals surface area contributed by atoms with Gasteiger partial charge in [0.15, 0.2) is 11.4 Å². The van der Waals surface area contributed by atoms with Crippen LogP contribution in [0.2, 0.25) is 0 Å². The van der Waals surface area contributed by atoms with Crippen LogP contribution in [0, 0.1) is 39.8 Å². The Kier molecular flexibility index (Phi) is 3.23. The molecule has 19 heavy (non-hydrogen) atoms. The Balaban J connectivity index is 2.44. The molecule has 1 aromatic carbocycles. The van der Waals surface area contributed by atoms with E-state index in [2.05, 4.69) is 4.98 Å². The number of halogens is 1. The Morgan fingerprint density at radius 3 is 2.58 bits per heavy atom. The number of nitrogens with zero attached hydrogens (tertiary/aromatic N) is 5. The highest BCUT2D eigenvalue weighted by atomic mass is 19.1. The van der Waals surface area contributed by atoms with Crippen LogP contribution in [0.1, 0.15) is 22.5 Å². The molecular weight excluding hydrogens is 245 g/mol. The molecule has 0 aliphatic heterocycles. The van der Waals surface area contributed by atoms with E-state index < -0.39 is 5.82 Å². The fourth-order valence-electron chi connectivity index (χ4n) is 1.67. The van der Waals surface area contributed by atoms with Crippen LogP contribution >= 0.6 is 0 Å². The molecule has 0 aliphatic carbocycles. The lowest BCUT2D eigenvalue weighted by molar-refractivity contribution is 0.595. The maximum Gasteiger partial charge on any atom is 0.176 e. The minimum absolute atomic E-state index is 0.000606. The van der Waals surface area contributed by atoms with Crippen molar-refractivity contribution in [2.24, 2.45) is 0 Å². The van der Waals surface area contributed by atoms with Crippen molar-refractivity contribution in [3.63, 3.8) is 0 Å². The van der Waals surface area contributed by atoms with Gasteiger partial charge in [0.05, 0.1) is 18.4 Å². The topological polar surface area (TPSA) is 89.2 Å². The Morgan fingerprint density at radius 1 is 1.16 bits per heavy atom. The number of benzene rings is 1. The zero-order chi connectivity index (χ0) is 13.8. The highest BCUT2D eigenvalue weighted by Gasteiger charge is 2.13. The van der Waals surface area contributed by atoms with Crippen LogP contribution in [0.5, 0.6) is 0 Å². The van der Waals surface area contributed by atoms with Gasteiger partial charge in [0.25, 0.3) is 0 Å². The molecule has 0 atom stereocenters. The van der Waals surface area contributed by atoms with Gasteiger partial charge in [-0.1, -0.05) is 12.1 Å². The van der Waals surface area contributed by atoms with Gasteiger partial charge >= 0.3 is 0 Å². The van der Waals surface area contributed by atoms with E-state index in [1.807, 2.05) is 6.07 Å². The van der Waals surface area contributed by atoms with E-state index >= 15 is 0 Å². The molecule has 2 rings (SSSR count). The van der Waals surface area contributed by atoms with E-state index in [-0.39, 0.29) is 29.1 Å². The van der Waals surface area contributed by atoms with Gasteiger partial charge in [-0.15, -0.1) is 0 Å². The van der Waals surface area contributed by atoms with Crippen LogP contribution < -0.4 is 0 Å². The second-order valence-electron chi connectivity index (χ2n) is 3.68. The number of nitriles is 3. The maximum atomic E-state index is 13.9. The summed E-state index contributed by atoms with van der Waals surface area (Å²) in [6.45, 7) is 0.0406. The first-order chi connectivity index (χ1) is 9.21. The number of hydrogen-bond acceptors (Lipinski definition) is 4. The smallest absolute Gasteiger partial charge is 0.176 e. The summed E-state index contributed by atoms with van der Waals surface area (Å²) >= 11 is 0. The van der Waals surface area contributed by atoms with E-state index in [0.29, 0.717) is 0 Å². The van der Waals surface area contributed by atoms with Crippen molar-refractivity contribution in [2.45, 2.75) is 6.54 Å². The summed E-state index contributed by atoms with van der Waals surface area (Å²) in [5.74, 6) is -0.624. The summed E-state index contributed by atoms with van der Waals surface area (Å²) in [4.78, 5) is 3.77. The van der Waals surface area contributed by atoms with Crippen LogP contribution in [0.15, 0.2) is 24.5 Å². The maximum absolute atomic E-state index is 13.9. The summed E-state index contributed by atoms with van der Waals surface area (Å²) in [5, 5.41) is 26.5. The van der Waals surface area contributed by atoms with Crippen LogP contribution in [-0.4, -0.2) is 9.55 Å². The molecule has 6 heteroatoms. The minimum Gasteiger partial charge on any atom is -0.317 e. The second-order valence-corrected chi connectivity index (χ2v) is 3.68. The third kappa shape index (κ3) is 2.13. The zero-order valence-electron chi connectivity index (χ0n) is 9.63. The average molecular weight is 251 g/mol. The molecule has 0 N–H and O–H groups in total. The number of imidazole rings is 1. The SMILES string of the molecule is N#Cc1cccc(Cn2cnc(C#N)c2C#N)c1F. The largest absolute Gasteiger partial charge is 0.317 e. The third-order valence-corrected chi connectivity index (χ3v) is 2.59. The monoisotopic (exact) mass is 251 g/mol. The summed E-state index contributed by atoms with van der Waals surface area (Å²) in [6, 6.07) is 9.84. The Hall–Kier alpha value is -3.17. The second kappa shape index (κ2) is 5.00. The third-order valence-electron chi connectivity index (χ3n) is 2.59. The fraction of sp³-hybridized carbons (Fsp3) is 0.0769. The molecule has 0 fully saturated rings. The zero-order valence-corrected chi connectivity index (χ0v) is 9.63. The first-order valence-corrected chi connectivity index (χ1v) is 5.24. The molecule has 5 nitrogen and oxygen atoms in total. The Morgan fingerprint density at radius 2 is 1.95 bits per heavy atom. The van der Waals surface area contributed by atoms with Crippen LogP contribution in [0.25, 0.3) is 0 Å². The van der Waals surface area contributed by atoms with Gasteiger partial charge in [-0.3, -0.25) is 0 Å². The van der Waals surface area contributed by atoms with Gasteiger partial charge in [0, 0.05) is 5.56 Å². The van der Waals surface area contributed by atoms with E-state index in [1.165, 1.54) is 23.0 Å². The normalized spacial score (nSPS) is 9.37. The van der Waals surface area contributed by atoms with Gasteiger partial charge in [-0.25, -0.2) is 9.37 Å². The van der Waals surface area contributed by atoms with Crippen LogP contribution in [0.4, 0.5) is 4.39 Å². The lowest BCUT2D eigenvalue weighted by Crippen LogP contribution is -2.04. The highest BCUT2D eigenvalue weighted by Crippen LogP contribution is 2.15. The molecule has 0 saturated heterocycles. The first kappa shape index (κ1) is 12.3. The summed E-state index contributed by atoms with van der Waals surface area (Å²) in [6.07, 6.45) is 1.30. The van der Waals surface area contributed by atoms with Crippen molar-refractivity contribution in [2.75, 3.05) is 0 Å². The first-order valence-electron chi connectivity index (χ1n) is 5.24. The lowest BCUT2D eigenvalue weighted by atomic mass is 10.1. The molecule has 1 aromatic heterocycles. The standard InChI is InChI=1S/C13H6FN5/c14-13-9(4-15)2-1-3-10(13)7-19-8-18-11(5-16)12(19)6-17/h1-3,8H,7H2. The average Bonchev–Trinajstić information content (AvgIpc) is 2.83. The van der Waals surface area contributed by atoms with E-state index in [9.17, 15) is 4.39 Å². The quantitative estimate of drug-likeness (QED) is 0.812. The molecular formula is C13H6FN5. The molecule has 0 bridgehead atoms. The van der Waals surface area contributed by atoms with Gasteiger partial charge < -0.3 is 4.57 Å². The summed E-state index contributed by atoms with van der Waals surface area (Å²) < 4.78 is 15.3. The number of aromatic nitrogens is 2. The Labute approximate surface area is 108 Å². The Bertz CT molecular complexity index is 743. The predicted molar refractivity (Wildman–Crippen MR) is 61.9 cm³/mol. The lowest BCUT2D eigenvalue weighted by Gasteiger charge is -2.06. The number of hydrogen-bond donors (Lipinski definition) is 0. The molecule has 1 heterocycles. The van der Waals surface area contributed by atoms with Crippen LogP contribution in [-0.2, 0) is 6.54 Å². The molecule has 0 aliphatic rings. The highest BCUT2D eigenvalue weighted by molar-refractivity contribution is 5.38. The van der Waals surface area contributed by atoms with Gasteiger partial charge in [-0.05, 0) is 6.07 Å². The minimum atomic E-state index is -0.624. The molecule has 0 radical (unpaired) electrons. The van der Waals surface area contributed by atoms with E-state index in [1.54, 1.807) is 18.2 Å². The molecule has 0 saturated carbocycles. The number of rotatable bonds is 2. The van der Waals surface area contributed by atoms with Crippen molar-refractivity contribution in [3.05, 3.63) is 52.9 Å². The van der Waals surface area contributed by atoms with E-state index in [0.717, 1.165) is 0 Å². The van der Waals surface area contributed by atoms with Crippen molar-refractivity contribution < 1.29 is 4.39 Å². The fourth-order valence-corrected chi connectivity index (χ4v) is 1.67. The van der Waals surface area contributed by atoms with Crippen molar-refractivity contribution in [1.82, 2.24) is 9.55 Å². The molecule has 0 spiro atoms. The summed E-state index contributed by atoms with van der Waals surface area (Å²) in [5.41, 5.74) is 0.276. The van der Waals surface area contributed by atoms with Crippen molar-refractivity contribution in [1.29, 1.82) is 15.8 Å². The molecule has 90 valence electrons. The van der Waals surface area contributed by atoms with Gasteiger partial charge in [-0.2, -0.15) is 15.8 Å². The predicted octanol–water partition coefficient (Wildman–Crippen LogP) is 1.69. The molecule has 0 unspecified atom stereocenters. The molecule has 0 amide bonds.